The second kappa shape index (κ2) is 9.08. The molecule has 0 spiro atoms. The predicted octanol–water partition coefficient (Wildman–Crippen LogP) is 2.35. The van der Waals surface area contributed by atoms with E-state index in [0.717, 1.165) is 32.6 Å². The molecule has 2 N–H and O–H groups in total. The molecule has 0 bridgehead atoms. The number of nitrogens with zero attached hydrogens (tertiary/aromatic N) is 1. The summed E-state index contributed by atoms with van der Waals surface area (Å²) in [4.78, 5) is 2.29. The number of benzene rings is 1. The second-order valence-electron chi connectivity index (χ2n) is 4.91. The first-order chi connectivity index (χ1) is 9.22. The minimum atomic E-state index is 0.240. The van der Waals surface area contributed by atoms with Crippen molar-refractivity contribution in [2.24, 2.45) is 0 Å². The fourth-order valence-electron chi connectivity index (χ4n) is 2.47. The van der Waals surface area contributed by atoms with Crippen LogP contribution in [0.3, 0.4) is 0 Å². The molecular weight excluding hydrogens is 236 g/mol. The minimum Gasteiger partial charge on any atom is -0.395 e. The van der Waals surface area contributed by atoms with Gasteiger partial charge >= 0.3 is 0 Å². The number of aliphatic hydroxyl groups is 1. The van der Waals surface area contributed by atoms with Gasteiger partial charge in [0.1, 0.15) is 0 Å². The van der Waals surface area contributed by atoms with Gasteiger partial charge in [-0.3, -0.25) is 0 Å². The van der Waals surface area contributed by atoms with E-state index in [1.807, 2.05) is 0 Å². The van der Waals surface area contributed by atoms with Crippen molar-refractivity contribution in [3.8, 4) is 0 Å². The van der Waals surface area contributed by atoms with E-state index in [2.05, 4.69) is 55.3 Å². The van der Waals surface area contributed by atoms with E-state index in [4.69, 9.17) is 5.11 Å². The average molecular weight is 264 g/mol. The van der Waals surface area contributed by atoms with Gasteiger partial charge < -0.3 is 15.3 Å². The fraction of sp³-hybridized carbons (Fsp3) is 0.625. The number of aliphatic hydroxyl groups excluding tert-OH is 1. The van der Waals surface area contributed by atoms with Crippen LogP contribution < -0.4 is 5.32 Å². The Hall–Kier alpha value is -0.900. The van der Waals surface area contributed by atoms with E-state index in [9.17, 15) is 0 Å². The summed E-state index contributed by atoms with van der Waals surface area (Å²) in [6, 6.07) is 8.99. The molecule has 1 aromatic carbocycles. The molecule has 0 saturated heterocycles. The van der Waals surface area contributed by atoms with Gasteiger partial charge in [0.05, 0.1) is 6.61 Å². The minimum absolute atomic E-state index is 0.240. The number of aryl methyl sites for hydroxylation is 1. The largest absolute Gasteiger partial charge is 0.395 e. The summed E-state index contributed by atoms with van der Waals surface area (Å²) >= 11 is 0. The summed E-state index contributed by atoms with van der Waals surface area (Å²) in [7, 11) is 0. The third-order valence-electron chi connectivity index (χ3n) is 3.61. The lowest BCUT2D eigenvalue weighted by Crippen LogP contribution is -2.31. The molecule has 0 amide bonds. The Morgan fingerprint density at radius 1 is 1.21 bits per heavy atom. The molecular formula is C16H28N2O. The molecule has 108 valence electrons. The van der Waals surface area contributed by atoms with Crippen LogP contribution in [0.15, 0.2) is 24.3 Å². The molecule has 1 atom stereocenters. The molecule has 0 radical (unpaired) electrons. The molecule has 1 unspecified atom stereocenters. The molecule has 3 nitrogen and oxygen atoms in total. The lowest BCUT2D eigenvalue weighted by molar-refractivity contribution is 0.195. The molecule has 1 aromatic rings. The molecule has 1 rings (SSSR count). The summed E-state index contributed by atoms with van der Waals surface area (Å²) < 4.78 is 0. The van der Waals surface area contributed by atoms with Crippen molar-refractivity contribution in [3.63, 3.8) is 0 Å². The van der Waals surface area contributed by atoms with E-state index < -0.39 is 0 Å². The summed E-state index contributed by atoms with van der Waals surface area (Å²) in [6.45, 7) is 10.5. The number of nitrogens with one attached hydrogen (secondary N) is 1. The van der Waals surface area contributed by atoms with Gasteiger partial charge in [-0.25, -0.2) is 0 Å². The topological polar surface area (TPSA) is 35.5 Å². The standard InChI is InChI=1S/C16H28N2O/c1-4-17-16(10-11-18(5-2)12-13-19)15-9-7-6-8-14(15)3/h6-9,16-17,19H,4-5,10-13H2,1-3H3. The molecule has 19 heavy (non-hydrogen) atoms. The molecule has 0 saturated carbocycles. The molecule has 3 heteroatoms. The highest BCUT2D eigenvalue weighted by Crippen LogP contribution is 2.20. The molecule has 0 aliphatic carbocycles. The number of hydrogen-bond donors (Lipinski definition) is 2. The zero-order valence-corrected chi connectivity index (χ0v) is 12.5. The van der Waals surface area contributed by atoms with Crippen LogP contribution >= 0.6 is 0 Å². The molecule has 0 aromatic heterocycles. The van der Waals surface area contributed by atoms with Gasteiger partial charge in [0.25, 0.3) is 0 Å². The summed E-state index contributed by atoms with van der Waals surface area (Å²) in [5.74, 6) is 0. The highest BCUT2D eigenvalue weighted by atomic mass is 16.3. The van der Waals surface area contributed by atoms with Crippen molar-refractivity contribution in [2.45, 2.75) is 33.2 Å². The van der Waals surface area contributed by atoms with Crippen LogP contribution in [0.5, 0.6) is 0 Å². The maximum absolute atomic E-state index is 9.04. The van der Waals surface area contributed by atoms with E-state index in [-0.39, 0.29) is 6.61 Å². The molecule has 0 aliphatic rings. The van der Waals surface area contributed by atoms with E-state index in [1.165, 1.54) is 11.1 Å². The first-order valence-electron chi connectivity index (χ1n) is 7.35. The van der Waals surface area contributed by atoms with E-state index >= 15 is 0 Å². The quantitative estimate of drug-likeness (QED) is 0.718. The Balaban J connectivity index is 2.65. The maximum atomic E-state index is 9.04. The Bertz CT molecular complexity index is 354. The Kier molecular flexibility index (Phi) is 7.72. The number of rotatable bonds is 9. The van der Waals surface area contributed by atoms with Crippen molar-refractivity contribution < 1.29 is 5.11 Å². The van der Waals surface area contributed by atoms with E-state index in [0.29, 0.717) is 6.04 Å². The highest BCUT2D eigenvalue weighted by molar-refractivity contribution is 5.28. The van der Waals surface area contributed by atoms with Gasteiger partial charge in [0, 0.05) is 19.1 Å². The normalized spacial score (nSPS) is 12.9. The van der Waals surface area contributed by atoms with Crippen LogP contribution in [0.25, 0.3) is 0 Å². The lowest BCUT2D eigenvalue weighted by atomic mass is 9.98. The molecule has 0 heterocycles. The maximum Gasteiger partial charge on any atom is 0.0558 e. The Labute approximate surface area is 117 Å². The zero-order valence-electron chi connectivity index (χ0n) is 12.5. The average Bonchev–Trinajstić information content (AvgIpc) is 2.42. The van der Waals surface area contributed by atoms with Crippen LogP contribution in [0, 0.1) is 6.92 Å². The van der Waals surface area contributed by atoms with Crippen LogP contribution in [-0.2, 0) is 0 Å². The van der Waals surface area contributed by atoms with Gasteiger partial charge in [-0.05, 0) is 37.6 Å². The zero-order chi connectivity index (χ0) is 14.1. The van der Waals surface area contributed by atoms with Crippen LogP contribution in [0.2, 0.25) is 0 Å². The van der Waals surface area contributed by atoms with E-state index in [1.54, 1.807) is 0 Å². The van der Waals surface area contributed by atoms with Crippen LogP contribution in [0.1, 0.15) is 37.4 Å². The van der Waals surface area contributed by atoms with Crippen molar-refractivity contribution in [3.05, 3.63) is 35.4 Å². The predicted molar refractivity (Wildman–Crippen MR) is 81.4 cm³/mol. The summed E-state index contributed by atoms with van der Waals surface area (Å²) in [6.07, 6.45) is 1.08. The van der Waals surface area contributed by atoms with Crippen molar-refractivity contribution >= 4 is 0 Å². The molecule has 0 aliphatic heterocycles. The fourth-order valence-corrected chi connectivity index (χ4v) is 2.47. The van der Waals surface area contributed by atoms with Gasteiger partial charge in [0.2, 0.25) is 0 Å². The summed E-state index contributed by atoms with van der Waals surface area (Å²) in [5.41, 5.74) is 2.74. The monoisotopic (exact) mass is 264 g/mol. The second-order valence-corrected chi connectivity index (χ2v) is 4.91. The van der Waals surface area contributed by atoms with Gasteiger partial charge in [-0.2, -0.15) is 0 Å². The van der Waals surface area contributed by atoms with Crippen LogP contribution in [-0.4, -0.2) is 42.8 Å². The third-order valence-corrected chi connectivity index (χ3v) is 3.61. The van der Waals surface area contributed by atoms with Crippen molar-refractivity contribution in [1.29, 1.82) is 0 Å². The van der Waals surface area contributed by atoms with Gasteiger partial charge in [-0.15, -0.1) is 0 Å². The smallest absolute Gasteiger partial charge is 0.0558 e. The Morgan fingerprint density at radius 2 is 1.95 bits per heavy atom. The molecule has 0 fully saturated rings. The van der Waals surface area contributed by atoms with Gasteiger partial charge in [-0.1, -0.05) is 38.1 Å². The van der Waals surface area contributed by atoms with Crippen molar-refractivity contribution in [2.75, 3.05) is 32.8 Å². The Morgan fingerprint density at radius 3 is 2.53 bits per heavy atom. The lowest BCUT2D eigenvalue weighted by Gasteiger charge is -2.25. The number of hydrogen-bond acceptors (Lipinski definition) is 3. The van der Waals surface area contributed by atoms with Gasteiger partial charge in [0.15, 0.2) is 0 Å². The highest BCUT2D eigenvalue weighted by Gasteiger charge is 2.13. The number of likely N-dealkylation sites (N-methyl/N-ethyl adjacent to an activating group) is 1. The summed E-state index contributed by atoms with van der Waals surface area (Å²) in [5, 5.41) is 12.6. The SMILES string of the molecule is CCNC(CCN(CC)CCO)c1ccccc1C. The van der Waals surface area contributed by atoms with Crippen molar-refractivity contribution in [1.82, 2.24) is 10.2 Å². The third kappa shape index (κ3) is 5.31. The first kappa shape index (κ1) is 16.2. The first-order valence-corrected chi connectivity index (χ1v) is 7.35. The van der Waals surface area contributed by atoms with Crippen LogP contribution in [0.4, 0.5) is 0 Å².